The molecule has 0 aliphatic rings. The van der Waals surface area contributed by atoms with Crippen LogP contribution in [0.1, 0.15) is 12.0 Å². The molecule has 21 heavy (non-hydrogen) atoms. The molecule has 6 heteroatoms. The number of nitrogens with zero attached hydrogens (tertiary/aromatic N) is 1. The number of nitrogens with one attached hydrogen (secondary N) is 1. The number of benzene rings is 1. The molecule has 0 aliphatic heterocycles. The predicted octanol–water partition coefficient (Wildman–Crippen LogP) is 4.37. The molecule has 3 nitrogen and oxygen atoms in total. The molecule has 0 saturated heterocycles. The first kappa shape index (κ1) is 18.1. The van der Waals surface area contributed by atoms with Gasteiger partial charge in [0.2, 0.25) is 5.88 Å². The van der Waals surface area contributed by atoms with Crippen molar-refractivity contribution < 1.29 is 4.74 Å². The maximum Gasteiger partial charge on any atom is 0.213 e. The summed E-state index contributed by atoms with van der Waals surface area (Å²) in [5, 5.41) is 4.52. The molecule has 0 atom stereocenters. The Balaban J connectivity index is 0.00000220. The first-order valence-corrected chi connectivity index (χ1v) is 7.20. The summed E-state index contributed by atoms with van der Waals surface area (Å²) < 4.78 is 5.50. The van der Waals surface area contributed by atoms with Crippen LogP contribution in [0.25, 0.3) is 0 Å². The number of ether oxygens (including phenoxy) is 1. The zero-order valence-corrected chi connectivity index (χ0v) is 13.7. The molecule has 2 aromatic rings. The van der Waals surface area contributed by atoms with Gasteiger partial charge < -0.3 is 10.1 Å². The summed E-state index contributed by atoms with van der Waals surface area (Å²) in [7, 11) is 0. The normalized spacial score (nSPS) is 10.0. The van der Waals surface area contributed by atoms with Crippen LogP contribution in [0.2, 0.25) is 10.0 Å². The van der Waals surface area contributed by atoms with E-state index in [1.165, 1.54) is 0 Å². The Morgan fingerprint density at radius 3 is 2.71 bits per heavy atom. The van der Waals surface area contributed by atoms with Crippen molar-refractivity contribution in [1.82, 2.24) is 10.3 Å². The number of hydrogen-bond donors (Lipinski definition) is 1. The molecular formula is C15H17Cl3N2O. The Morgan fingerprint density at radius 2 is 1.95 bits per heavy atom. The highest BCUT2D eigenvalue weighted by Crippen LogP contribution is 2.25. The zero-order chi connectivity index (χ0) is 14.2. The summed E-state index contributed by atoms with van der Waals surface area (Å²) in [6.45, 7) is 2.17. The van der Waals surface area contributed by atoms with E-state index in [0.29, 0.717) is 29.1 Å². The summed E-state index contributed by atoms with van der Waals surface area (Å²) in [6.07, 6.45) is 2.61. The van der Waals surface area contributed by atoms with Crippen LogP contribution in [-0.2, 0) is 6.54 Å². The predicted molar refractivity (Wildman–Crippen MR) is 89.8 cm³/mol. The molecule has 1 heterocycles. The van der Waals surface area contributed by atoms with Crippen molar-refractivity contribution >= 4 is 35.6 Å². The SMILES string of the molecule is Cl.Clc1cccc(CNCCCOc2ccccn2)c1Cl. The molecule has 1 N–H and O–H groups in total. The van der Waals surface area contributed by atoms with Crippen molar-refractivity contribution in [2.75, 3.05) is 13.2 Å². The molecule has 1 aromatic carbocycles. The minimum atomic E-state index is 0. The first-order chi connectivity index (χ1) is 9.77. The van der Waals surface area contributed by atoms with Crippen LogP contribution in [0.3, 0.4) is 0 Å². The molecular weight excluding hydrogens is 331 g/mol. The van der Waals surface area contributed by atoms with Gasteiger partial charge in [-0.05, 0) is 30.7 Å². The van der Waals surface area contributed by atoms with Crippen molar-refractivity contribution in [3.63, 3.8) is 0 Å². The van der Waals surface area contributed by atoms with Gasteiger partial charge in [-0.25, -0.2) is 4.98 Å². The molecule has 0 aliphatic carbocycles. The van der Waals surface area contributed by atoms with Crippen LogP contribution in [-0.4, -0.2) is 18.1 Å². The smallest absolute Gasteiger partial charge is 0.213 e. The second kappa shape index (κ2) is 9.85. The van der Waals surface area contributed by atoms with Crippen molar-refractivity contribution in [2.45, 2.75) is 13.0 Å². The molecule has 0 bridgehead atoms. The number of aromatic nitrogens is 1. The van der Waals surface area contributed by atoms with E-state index in [-0.39, 0.29) is 12.4 Å². The Kier molecular flexibility index (Phi) is 8.47. The van der Waals surface area contributed by atoms with Crippen molar-refractivity contribution in [3.05, 3.63) is 58.2 Å². The maximum absolute atomic E-state index is 6.11. The molecule has 0 radical (unpaired) electrons. The summed E-state index contributed by atoms with van der Waals surface area (Å²) in [5.41, 5.74) is 1.00. The molecule has 0 spiro atoms. The van der Waals surface area contributed by atoms with Gasteiger partial charge in [-0.1, -0.05) is 41.4 Å². The third-order valence-electron chi connectivity index (χ3n) is 2.73. The van der Waals surface area contributed by atoms with Gasteiger partial charge in [0.05, 0.1) is 16.7 Å². The average Bonchev–Trinajstić information content (AvgIpc) is 2.48. The van der Waals surface area contributed by atoms with Gasteiger partial charge in [0.1, 0.15) is 0 Å². The number of halogens is 3. The number of pyridine rings is 1. The van der Waals surface area contributed by atoms with E-state index in [1.807, 2.05) is 30.3 Å². The molecule has 114 valence electrons. The Morgan fingerprint density at radius 1 is 1.10 bits per heavy atom. The van der Waals surface area contributed by atoms with Crippen LogP contribution in [0, 0.1) is 0 Å². The monoisotopic (exact) mass is 346 g/mol. The van der Waals surface area contributed by atoms with Crippen LogP contribution in [0.15, 0.2) is 42.6 Å². The fraction of sp³-hybridized carbons (Fsp3) is 0.267. The summed E-state index contributed by atoms with van der Waals surface area (Å²) in [4.78, 5) is 4.09. The lowest BCUT2D eigenvalue weighted by molar-refractivity contribution is 0.296. The van der Waals surface area contributed by atoms with Crippen LogP contribution < -0.4 is 10.1 Å². The van der Waals surface area contributed by atoms with E-state index >= 15 is 0 Å². The van der Waals surface area contributed by atoms with Crippen molar-refractivity contribution in [3.8, 4) is 5.88 Å². The molecule has 2 rings (SSSR count). The van der Waals surface area contributed by atoms with E-state index in [4.69, 9.17) is 27.9 Å². The van der Waals surface area contributed by atoms with Crippen LogP contribution in [0.4, 0.5) is 0 Å². The Bertz CT molecular complexity index is 538. The van der Waals surface area contributed by atoms with E-state index in [9.17, 15) is 0 Å². The van der Waals surface area contributed by atoms with Gasteiger partial charge >= 0.3 is 0 Å². The number of hydrogen-bond acceptors (Lipinski definition) is 3. The highest BCUT2D eigenvalue weighted by atomic mass is 35.5. The minimum absolute atomic E-state index is 0. The second-order valence-corrected chi connectivity index (χ2v) is 5.04. The zero-order valence-electron chi connectivity index (χ0n) is 11.4. The third-order valence-corrected chi connectivity index (χ3v) is 3.59. The van der Waals surface area contributed by atoms with E-state index in [0.717, 1.165) is 18.5 Å². The number of rotatable bonds is 7. The lowest BCUT2D eigenvalue weighted by Gasteiger charge is -2.08. The highest BCUT2D eigenvalue weighted by molar-refractivity contribution is 6.42. The van der Waals surface area contributed by atoms with Crippen LogP contribution in [0.5, 0.6) is 5.88 Å². The summed E-state index contributed by atoms with van der Waals surface area (Å²) in [6, 6.07) is 11.3. The van der Waals surface area contributed by atoms with E-state index < -0.39 is 0 Å². The van der Waals surface area contributed by atoms with Gasteiger partial charge in [-0.15, -0.1) is 12.4 Å². The van der Waals surface area contributed by atoms with Gasteiger partial charge in [0, 0.05) is 18.8 Å². The summed E-state index contributed by atoms with van der Waals surface area (Å²) in [5.74, 6) is 0.658. The van der Waals surface area contributed by atoms with Crippen LogP contribution >= 0.6 is 35.6 Å². The second-order valence-electron chi connectivity index (χ2n) is 4.26. The standard InChI is InChI=1S/C15H16Cl2N2O.ClH/c16-13-6-3-5-12(15(13)17)11-18-8-4-10-20-14-7-1-2-9-19-14;/h1-3,5-7,9,18H,4,8,10-11H2;1H. The molecule has 0 saturated carbocycles. The highest BCUT2D eigenvalue weighted by Gasteiger charge is 2.03. The van der Waals surface area contributed by atoms with Gasteiger partial charge in [0.15, 0.2) is 0 Å². The third kappa shape index (κ3) is 6.10. The quantitative estimate of drug-likeness (QED) is 0.755. The fourth-order valence-electron chi connectivity index (χ4n) is 1.71. The van der Waals surface area contributed by atoms with Crippen molar-refractivity contribution in [2.24, 2.45) is 0 Å². The lowest BCUT2D eigenvalue weighted by atomic mass is 10.2. The topological polar surface area (TPSA) is 34.1 Å². The van der Waals surface area contributed by atoms with E-state index in [2.05, 4.69) is 10.3 Å². The van der Waals surface area contributed by atoms with Gasteiger partial charge in [-0.3, -0.25) is 0 Å². The lowest BCUT2D eigenvalue weighted by Crippen LogP contribution is -2.17. The molecule has 0 unspecified atom stereocenters. The minimum Gasteiger partial charge on any atom is -0.478 e. The Labute approximate surface area is 141 Å². The molecule has 0 amide bonds. The van der Waals surface area contributed by atoms with Gasteiger partial charge in [-0.2, -0.15) is 0 Å². The largest absolute Gasteiger partial charge is 0.478 e. The fourth-order valence-corrected chi connectivity index (χ4v) is 2.10. The van der Waals surface area contributed by atoms with Crippen molar-refractivity contribution in [1.29, 1.82) is 0 Å². The molecule has 0 fully saturated rings. The van der Waals surface area contributed by atoms with E-state index in [1.54, 1.807) is 12.3 Å². The average molecular weight is 348 g/mol. The molecule has 1 aromatic heterocycles. The van der Waals surface area contributed by atoms with Gasteiger partial charge in [0.25, 0.3) is 0 Å². The maximum atomic E-state index is 6.11. The summed E-state index contributed by atoms with van der Waals surface area (Å²) >= 11 is 12.1. The Hall–Kier alpha value is -1.00. The first-order valence-electron chi connectivity index (χ1n) is 6.45.